The number of hydrogen-bond donors (Lipinski definition) is 2. The molecule has 3 rings (SSSR count). The maximum atomic E-state index is 12.8. The average Bonchev–Trinajstić information content (AvgIpc) is 3.07. The zero-order valence-electron chi connectivity index (χ0n) is 13.0. The minimum absolute atomic E-state index is 0.117. The zero-order valence-corrected chi connectivity index (χ0v) is 13.0. The lowest BCUT2D eigenvalue weighted by Gasteiger charge is -2.28. The molecule has 2 bridgehead atoms. The molecule has 1 saturated heterocycles. The van der Waals surface area contributed by atoms with Gasteiger partial charge >= 0.3 is 0 Å². The van der Waals surface area contributed by atoms with E-state index in [9.17, 15) is 4.79 Å². The van der Waals surface area contributed by atoms with Crippen molar-refractivity contribution in [3.63, 3.8) is 0 Å². The van der Waals surface area contributed by atoms with Crippen LogP contribution in [0.5, 0.6) is 0 Å². The van der Waals surface area contributed by atoms with E-state index in [1.807, 2.05) is 11.0 Å². The van der Waals surface area contributed by atoms with Crippen molar-refractivity contribution < 1.29 is 4.79 Å². The topological polar surface area (TPSA) is 71.2 Å². The van der Waals surface area contributed by atoms with E-state index in [-0.39, 0.29) is 11.3 Å². The zero-order chi connectivity index (χ0) is 15.2. The van der Waals surface area contributed by atoms with Crippen molar-refractivity contribution >= 4 is 11.7 Å². The average molecular weight is 288 g/mol. The first-order chi connectivity index (χ1) is 9.88. The van der Waals surface area contributed by atoms with Crippen molar-refractivity contribution in [3.05, 3.63) is 23.4 Å². The highest BCUT2D eigenvalue weighted by molar-refractivity contribution is 5.95. The number of carbonyl (C=O) groups is 1. The molecule has 21 heavy (non-hydrogen) atoms. The van der Waals surface area contributed by atoms with Gasteiger partial charge < -0.3 is 10.3 Å². The smallest absolute Gasteiger partial charge is 0.254 e. The summed E-state index contributed by atoms with van der Waals surface area (Å²) >= 11 is 0. The Morgan fingerprint density at radius 1 is 1.38 bits per heavy atom. The second kappa shape index (κ2) is 4.98. The number of hydrogen-bond acceptors (Lipinski definition) is 4. The molecule has 114 valence electrons. The van der Waals surface area contributed by atoms with Gasteiger partial charge in [0.25, 0.3) is 5.91 Å². The minimum atomic E-state index is -0.119. The number of amides is 1. The Morgan fingerprint density at radius 2 is 2.14 bits per heavy atom. The maximum absolute atomic E-state index is 12.8. The fraction of sp³-hybridized carbons (Fsp3) is 0.625. The lowest BCUT2D eigenvalue weighted by molar-refractivity contribution is 0.0703. The fourth-order valence-electron chi connectivity index (χ4n) is 3.45. The number of fused-ring (bicyclic) bond motifs is 2. The molecule has 5 heteroatoms. The van der Waals surface area contributed by atoms with Crippen LogP contribution in [0, 0.1) is 5.92 Å². The van der Waals surface area contributed by atoms with Crippen molar-refractivity contribution in [3.8, 4) is 0 Å². The molecule has 3 N–H and O–H groups in total. The molecule has 2 fully saturated rings. The Balaban J connectivity index is 1.92. The van der Waals surface area contributed by atoms with Gasteiger partial charge in [0.1, 0.15) is 5.82 Å². The number of pyridine rings is 1. The molecule has 2 atom stereocenters. The summed E-state index contributed by atoms with van der Waals surface area (Å²) in [4.78, 5) is 19.3. The van der Waals surface area contributed by atoms with Crippen LogP contribution in [0.2, 0.25) is 0 Å². The monoisotopic (exact) mass is 288 g/mol. The molecule has 1 aliphatic carbocycles. The molecule has 0 aromatic carbocycles. The highest BCUT2D eigenvalue weighted by Gasteiger charge is 2.40. The number of anilines is 1. The summed E-state index contributed by atoms with van der Waals surface area (Å²) < 4.78 is 0. The van der Waals surface area contributed by atoms with Crippen LogP contribution >= 0.6 is 0 Å². The van der Waals surface area contributed by atoms with E-state index in [1.54, 1.807) is 6.07 Å². The summed E-state index contributed by atoms with van der Waals surface area (Å²) in [5, 5.41) is 0. The van der Waals surface area contributed by atoms with Crippen LogP contribution in [0.4, 0.5) is 5.82 Å². The second-order valence-electron chi connectivity index (χ2n) is 7.31. The number of piperidine rings is 1. The molecule has 2 heterocycles. The van der Waals surface area contributed by atoms with Crippen LogP contribution in [0.3, 0.4) is 0 Å². The predicted octanol–water partition coefficient (Wildman–Crippen LogP) is 2.29. The van der Waals surface area contributed by atoms with Crippen LogP contribution < -0.4 is 11.3 Å². The van der Waals surface area contributed by atoms with E-state index < -0.39 is 0 Å². The van der Waals surface area contributed by atoms with Gasteiger partial charge in [-0.1, -0.05) is 20.8 Å². The summed E-state index contributed by atoms with van der Waals surface area (Å²) in [6.07, 6.45) is 3.59. The third-order valence-corrected chi connectivity index (χ3v) is 4.66. The van der Waals surface area contributed by atoms with Crippen LogP contribution in [0.1, 0.15) is 56.1 Å². The van der Waals surface area contributed by atoms with Gasteiger partial charge in [-0.25, -0.2) is 10.8 Å². The molecular weight excluding hydrogens is 264 g/mol. The summed E-state index contributed by atoms with van der Waals surface area (Å²) in [6.45, 7) is 7.16. The van der Waals surface area contributed by atoms with Crippen molar-refractivity contribution in [2.45, 2.75) is 51.5 Å². The SMILES string of the molecule is CC(C)(C)c1cc(C(=O)N2CC3CCC2C3)cc(NN)n1. The largest absolute Gasteiger partial charge is 0.335 e. The minimum Gasteiger partial charge on any atom is -0.335 e. The summed E-state index contributed by atoms with van der Waals surface area (Å²) in [7, 11) is 0. The van der Waals surface area contributed by atoms with E-state index in [1.165, 1.54) is 12.8 Å². The summed E-state index contributed by atoms with van der Waals surface area (Å²) in [5.74, 6) is 6.88. The summed E-state index contributed by atoms with van der Waals surface area (Å²) in [5.41, 5.74) is 4.03. The van der Waals surface area contributed by atoms with Crippen LogP contribution in [-0.2, 0) is 5.41 Å². The number of hydrazine groups is 1. The Hall–Kier alpha value is -1.62. The number of nitrogens with two attached hydrogens (primary N) is 1. The van der Waals surface area contributed by atoms with Crippen molar-refractivity contribution in [2.24, 2.45) is 11.8 Å². The van der Waals surface area contributed by atoms with Gasteiger partial charge in [-0.3, -0.25) is 4.79 Å². The first kappa shape index (κ1) is 14.3. The number of nitrogens with one attached hydrogen (secondary N) is 1. The Morgan fingerprint density at radius 3 is 2.67 bits per heavy atom. The molecule has 0 radical (unpaired) electrons. The fourth-order valence-corrected chi connectivity index (χ4v) is 3.45. The second-order valence-corrected chi connectivity index (χ2v) is 7.31. The molecule has 2 aliphatic rings. The standard InChI is InChI=1S/C16H24N4O/c1-16(2,3)13-7-11(8-14(18-13)19-17)15(21)20-9-10-4-5-12(20)6-10/h7-8,10,12H,4-6,9,17H2,1-3H3,(H,18,19). The number of rotatable bonds is 2. The molecule has 1 aromatic rings. The molecule has 2 unspecified atom stereocenters. The van der Waals surface area contributed by atoms with Crippen LogP contribution in [0.25, 0.3) is 0 Å². The third-order valence-electron chi connectivity index (χ3n) is 4.66. The molecule has 1 aromatic heterocycles. The molecule has 5 nitrogen and oxygen atoms in total. The molecule has 0 spiro atoms. The van der Waals surface area contributed by atoms with Gasteiger partial charge in [0.15, 0.2) is 0 Å². The van der Waals surface area contributed by atoms with Crippen molar-refractivity contribution in [1.29, 1.82) is 0 Å². The van der Waals surface area contributed by atoms with Gasteiger partial charge in [-0.15, -0.1) is 0 Å². The number of nitrogens with zero attached hydrogens (tertiary/aromatic N) is 2. The first-order valence-corrected chi connectivity index (χ1v) is 7.68. The first-order valence-electron chi connectivity index (χ1n) is 7.68. The van der Waals surface area contributed by atoms with Gasteiger partial charge in [0, 0.05) is 29.3 Å². The Bertz CT molecular complexity index is 564. The van der Waals surface area contributed by atoms with Gasteiger partial charge in [-0.2, -0.15) is 0 Å². The van der Waals surface area contributed by atoms with E-state index >= 15 is 0 Å². The van der Waals surface area contributed by atoms with E-state index in [4.69, 9.17) is 5.84 Å². The van der Waals surface area contributed by atoms with E-state index in [0.717, 1.165) is 18.7 Å². The highest BCUT2D eigenvalue weighted by atomic mass is 16.2. The Labute approximate surface area is 125 Å². The lowest BCUT2D eigenvalue weighted by Crippen LogP contribution is -2.38. The molecule has 1 saturated carbocycles. The van der Waals surface area contributed by atoms with Gasteiger partial charge in [0.05, 0.1) is 0 Å². The lowest BCUT2D eigenvalue weighted by atomic mass is 9.90. The van der Waals surface area contributed by atoms with Crippen molar-refractivity contribution in [2.75, 3.05) is 12.0 Å². The maximum Gasteiger partial charge on any atom is 0.254 e. The highest BCUT2D eigenvalue weighted by Crippen LogP contribution is 2.38. The summed E-state index contributed by atoms with van der Waals surface area (Å²) in [6, 6.07) is 4.10. The molecule has 1 aliphatic heterocycles. The van der Waals surface area contributed by atoms with Crippen LogP contribution in [0.15, 0.2) is 12.1 Å². The predicted molar refractivity (Wildman–Crippen MR) is 82.9 cm³/mol. The van der Waals surface area contributed by atoms with Crippen LogP contribution in [-0.4, -0.2) is 28.4 Å². The Kier molecular flexibility index (Phi) is 3.40. The third kappa shape index (κ3) is 2.62. The number of nitrogen functional groups attached to an aromatic ring is 1. The molecule has 1 amide bonds. The quantitative estimate of drug-likeness (QED) is 0.647. The van der Waals surface area contributed by atoms with Gasteiger partial charge in [0.2, 0.25) is 0 Å². The number of carbonyl (C=O) groups excluding carboxylic acids is 1. The normalized spacial score (nSPS) is 24.5. The molecular formula is C16H24N4O. The van der Waals surface area contributed by atoms with Gasteiger partial charge in [-0.05, 0) is 37.3 Å². The number of aromatic nitrogens is 1. The van der Waals surface area contributed by atoms with E-state index in [0.29, 0.717) is 23.3 Å². The van der Waals surface area contributed by atoms with E-state index in [2.05, 4.69) is 31.2 Å². The van der Waals surface area contributed by atoms with Crippen molar-refractivity contribution in [1.82, 2.24) is 9.88 Å². The number of likely N-dealkylation sites (tertiary alicyclic amines) is 1.